The van der Waals surface area contributed by atoms with Crippen molar-refractivity contribution in [2.45, 2.75) is 19.3 Å². The fraction of sp³-hybridized carbons (Fsp3) is 0.0714. The number of fused-ring (bicyclic) bond motifs is 9. The molecule has 0 spiro atoms. The van der Waals surface area contributed by atoms with Gasteiger partial charge in [0.25, 0.3) is 0 Å². The number of thiophene rings is 1. The Morgan fingerprint density at radius 3 is 2.11 bits per heavy atom. The molecule has 0 saturated carbocycles. The molecule has 5 heteroatoms. The van der Waals surface area contributed by atoms with Gasteiger partial charge in [0, 0.05) is 47.5 Å². The number of para-hydroxylation sites is 1. The lowest BCUT2D eigenvalue weighted by atomic mass is 9.82. The van der Waals surface area contributed by atoms with Crippen LogP contribution in [-0.4, -0.2) is 19.5 Å². The molecule has 1 aliphatic rings. The first-order valence-corrected chi connectivity index (χ1v) is 16.8. The predicted octanol–water partition coefficient (Wildman–Crippen LogP) is 11.0. The van der Waals surface area contributed by atoms with Gasteiger partial charge in [-0.15, -0.1) is 11.3 Å². The van der Waals surface area contributed by atoms with E-state index in [2.05, 4.69) is 134 Å². The maximum atomic E-state index is 5.31. The number of rotatable bonds is 3. The van der Waals surface area contributed by atoms with Crippen molar-refractivity contribution in [3.05, 3.63) is 145 Å². The molecule has 1 aliphatic carbocycles. The molecule has 0 fully saturated rings. The summed E-state index contributed by atoms with van der Waals surface area (Å²) in [6, 6.07) is 47.5. The van der Waals surface area contributed by atoms with Crippen molar-refractivity contribution in [2.24, 2.45) is 0 Å². The summed E-state index contributed by atoms with van der Waals surface area (Å²) in [7, 11) is 0. The van der Waals surface area contributed by atoms with E-state index in [4.69, 9.17) is 15.0 Å². The lowest BCUT2D eigenvalue weighted by Gasteiger charge is -2.21. The Balaban J connectivity index is 1.30. The monoisotopic (exact) mass is 620 g/mol. The van der Waals surface area contributed by atoms with Crippen LogP contribution in [0.3, 0.4) is 0 Å². The van der Waals surface area contributed by atoms with Gasteiger partial charge in [0.2, 0.25) is 5.95 Å². The molecule has 0 atom stereocenters. The van der Waals surface area contributed by atoms with Crippen LogP contribution in [0.4, 0.5) is 0 Å². The summed E-state index contributed by atoms with van der Waals surface area (Å²) in [5, 5.41) is 4.87. The quantitative estimate of drug-likeness (QED) is 0.197. The Bertz CT molecular complexity index is 2720. The van der Waals surface area contributed by atoms with E-state index >= 15 is 0 Å². The molecule has 10 rings (SSSR count). The van der Waals surface area contributed by atoms with Gasteiger partial charge in [-0.3, -0.25) is 4.57 Å². The number of nitrogens with zero attached hydrogens (tertiary/aromatic N) is 4. The van der Waals surface area contributed by atoms with E-state index < -0.39 is 0 Å². The molecule has 47 heavy (non-hydrogen) atoms. The maximum Gasteiger partial charge on any atom is 0.238 e. The minimum atomic E-state index is -0.0902. The average molecular weight is 621 g/mol. The molecule has 9 aromatic rings. The first kappa shape index (κ1) is 26.6. The number of hydrogen-bond acceptors (Lipinski definition) is 4. The zero-order valence-corrected chi connectivity index (χ0v) is 26.7. The molecule has 3 heterocycles. The number of hydrogen-bond donors (Lipinski definition) is 0. The Hall–Kier alpha value is -5.65. The van der Waals surface area contributed by atoms with Gasteiger partial charge in [0.15, 0.2) is 11.6 Å². The molecular formula is C42H28N4S. The second-order valence-electron chi connectivity index (χ2n) is 12.9. The number of aromatic nitrogens is 4. The van der Waals surface area contributed by atoms with Crippen LogP contribution in [0.5, 0.6) is 0 Å². The Kier molecular flexibility index (Phi) is 5.47. The zero-order valence-electron chi connectivity index (χ0n) is 25.9. The Morgan fingerprint density at radius 2 is 1.21 bits per heavy atom. The fourth-order valence-corrected chi connectivity index (χ4v) is 8.82. The summed E-state index contributed by atoms with van der Waals surface area (Å²) in [4.78, 5) is 15.7. The van der Waals surface area contributed by atoms with Gasteiger partial charge in [-0.1, -0.05) is 117 Å². The SMILES string of the molecule is CC1(C)c2ccccc2-c2cc3c(cc21)c1ccccc1n3-c1nc(-c2ccccc2)nc(-c2cccc3c2sc2ccccc23)n1. The molecule has 0 aliphatic heterocycles. The van der Waals surface area contributed by atoms with Crippen LogP contribution < -0.4 is 0 Å². The lowest BCUT2D eigenvalue weighted by Crippen LogP contribution is -2.14. The van der Waals surface area contributed by atoms with Crippen LogP contribution in [0.2, 0.25) is 0 Å². The van der Waals surface area contributed by atoms with Gasteiger partial charge in [0.1, 0.15) is 0 Å². The van der Waals surface area contributed by atoms with E-state index in [1.807, 2.05) is 18.2 Å². The third kappa shape index (κ3) is 3.78. The maximum absolute atomic E-state index is 5.31. The van der Waals surface area contributed by atoms with E-state index in [1.54, 1.807) is 11.3 Å². The van der Waals surface area contributed by atoms with Crippen LogP contribution in [0.1, 0.15) is 25.0 Å². The van der Waals surface area contributed by atoms with Crippen molar-refractivity contribution in [2.75, 3.05) is 0 Å². The minimum absolute atomic E-state index is 0.0902. The topological polar surface area (TPSA) is 43.6 Å². The first-order chi connectivity index (χ1) is 23.1. The summed E-state index contributed by atoms with van der Waals surface area (Å²) in [6.07, 6.45) is 0. The molecule has 222 valence electrons. The summed E-state index contributed by atoms with van der Waals surface area (Å²) in [6.45, 7) is 4.67. The standard InChI is InChI=1S/C42H28N4S/c1-42(2)33-20-9-6-15-26(33)31-24-36-32(23-34(31)42)27-16-7-10-21-35(27)46(36)41-44-39(25-13-4-3-5-14-25)43-40(45-41)30-19-12-18-29-28-17-8-11-22-37(28)47-38(29)30/h3-24H,1-2H3. The third-order valence-corrected chi connectivity index (χ3v) is 11.1. The highest BCUT2D eigenvalue weighted by atomic mass is 32.1. The Morgan fingerprint density at radius 1 is 0.511 bits per heavy atom. The summed E-state index contributed by atoms with van der Waals surface area (Å²) in [5.41, 5.74) is 9.34. The molecule has 3 aromatic heterocycles. The van der Waals surface area contributed by atoms with Crippen molar-refractivity contribution in [3.8, 4) is 39.9 Å². The van der Waals surface area contributed by atoms with Gasteiger partial charge in [-0.25, -0.2) is 4.98 Å². The Labute approximate surface area is 275 Å². The van der Waals surface area contributed by atoms with Crippen LogP contribution >= 0.6 is 11.3 Å². The van der Waals surface area contributed by atoms with E-state index in [1.165, 1.54) is 53.2 Å². The van der Waals surface area contributed by atoms with Crippen LogP contribution in [0.25, 0.3) is 81.8 Å². The van der Waals surface area contributed by atoms with Crippen molar-refractivity contribution < 1.29 is 0 Å². The smallest absolute Gasteiger partial charge is 0.238 e. The fourth-order valence-electron chi connectivity index (χ4n) is 7.60. The van der Waals surface area contributed by atoms with Crippen molar-refractivity contribution >= 4 is 53.3 Å². The summed E-state index contributed by atoms with van der Waals surface area (Å²) >= 11 is 1.79. The summed E-state index contributed by atoms with van der Waals surface area (Å²) < 4.78 is 4.68. The normalized spacial score (nSPS) is 13.5. The van der Waals surface area contributed by atoms with Crippen LogP contribution in [-0.2, 0) is 5.41 Å². The highest BCUT2D eigenvalue weighted by molar-refractivity contribution is 7.26. The molecule has 0 N–H and O–H groups in total. The molecule has 0 amide bonds. The lowest BCUT2D eigenvalue weighted by molar-refractivity contribution is 0.661. The molecule has 6 aromatic carbocycles. The van der Waals surface area contributed by atoms with Gasteiger partial charge in [0.05, 0.1) is 11.0 Å². The van der Waals surface area contributed by atoms with E-state index in [0.29, 0.717) is 17.6 Å². The molecule has 0 bridgehead atoms. The first-order valence-electron chi connectivity index (χ1n) is 16.0. The van der Waals surface area contributed by atoms with Crippen molar-refractivity contribution in [1.29, 1.82) is 0 Å². The third-order valence-electron chi connectivity index (χ3n) is 9.88. The van der Waals surface area contributed by atoms with Gasteiger partial charge < -0.3 is 0 Å². The van der Waals surface area contributed by atoms with Crippen molar-refractivity contribution in [1.82, 2.24) is 19.5 Å². The molecule has 0 unspecified atom stereocenters. The van der Waals surface area contributed by atoms with E-state index in [-0.39, 0.29) is 5.41 Å². The van der Waals surface area contributed by atoms with Gasteiger partial charge in [-0.05, 0) is 52.6 Å². The molecule has 0 saturated heterocycles. The van der Waals surface area contributed by atoms with Gasteiger partial charge in [-0.2, -0.15) is 9.97 Å². The molecular weight excluding hydrogens is 593 g/mol. The molecule has 4 nitrogen and oxygen atoms in total. The largest absolute Gasteiger partial charge is 0.278 e. The molecule has 0 radical (unpaired) electrons. The second kappa shape index (κ2) is 9.68. The average Bonchev–Trinajstić information content (AvgIpc) is 3.73. The second-order valence-corrected chi connectivity index (χ2v) is 13.9. The predicted molar refractivity (Wildman–Crippen MR) is 195 cm³/mol. The van der Waals surface area contributed by atoms with E-state index in [0.717, 1.165) is 22.2 Å². The summed E-state index contributed by atoms with van der Waals surface area (Å²) in [5.74, 6) is 1.94. The highest BCUT2D eigenvalue weighted by Gasteiger charge is 2.36. The van der Waals surface area contributed by atoms with Crippen molar-refractivity contribution in [3.63, 3.8) is 0 Å². The van der Waals surface area contributed by atoms with Crippen LogP contribution in [0.15, 0.2) is 133 Å². The van der Waals surface area contributed by atoms with Crippen LogP contribution in [0, 0.1) is 0 Å². The zero-order chi connectivity index (χ0) is 31.3. The minimum Gasteiger partial charge on any atom is -0.278 e. The highest BCUT2D eigenvalue weighted by Crippen LogP contribution is 2.51. The van der Waals surface area contributed by atoms with E-state index in [9.17, 15) is 0 Å². The van der Waals surface area contributed by atoms with Gasteiger partial charge >= 0.3 is 0 Å². The number of benzene rings is 6.